The summed E-state index contributed by atoms with van der Waals surface area (Å²) in [6.45, 7) is 9.09. The van der Waals surface area contributed by atoms with E-state index in [2.05, 4.69) is 18.7 Å². The van der Waals surface area contributed by atoms with E-state index < -0.39 is 17.1 Å². The number of esters is 1. The topological polar surface area (TPSA) is 109 Å². The van der Waals surface area contributed by atoms with Gasteiger partial charge in [-0.05, 0) is 86.0 Å². The fourth-order valence-corrected chi connectivity index (χ4v) is 10.1. The Morgan fingerprint density at radius 2 is 1.90 bits per heavy atom. The van der Waals surface area contributed by atoms with Crippen molar-refractivity contribution in [1.29, 1.82) is 0 Å². The molecule has 0 aromatic heterocycles. The number of hydrogen-bond acceptors (Lipinski definition) is 8. The van der Waals surface area contributed by atoms with Gasteiger partial charge in [0.2, 0.25) is 0 Å². The Bertz CT molecular complexity index is 1030. The number of morpholine rings is 1. The minimum atomic E-state index is -0.960. The summed E-state index contributed by atoms with van der Waals surface area (Å²) >= 11 is 0. The molecular weight excluding hydrogens is 512 g/mol. The van der Waals surface area contributed by atoms with E-state index in [0.29, 0.717) is 25.4 Å². The number of amides is 1. The Labute approximate surface area is 238 Å². The lowest BCUT2D eigenvalue weighted by molar-refractivity contribution is -0.243. The molecule has 2 heterocycles. The summed E-state index contributed by atoms with van der Waals surface area (Å²) in [6.07, 6.45) is 7.60. The number of aliphatic hydroxyl groups is 2. The normalized spacial score (nSPS) is 45.1. The third-order valence-corrected chi connectivity index (χ3v) is 12.6. The summed E-state index contributed by atoms with van der Waals surface area (Å²) in [7, 11) is 1.87. The van der Waals surface area contributed by atoms with Crippen molar-refractivity contribution in [3.63, 3.8) is 0 Å². The summed E-state index contributed by atoms with van der Waals surface area (Å²) in [4.78, 5) is 28.8. The number of ether oxygens (including phenoxy) is 3. The van der Waals surface area contributed by atoms with Gasteiger partial charge in [0, 0.05) is 44.2 Å². The van der Waals surface area contributed by atoms with Crippen LogP contribution < -0.4 is 0 Å². The molecule has 9 heteroatoms. The van der Waals surface area contributed by atoms with E-state index in [1.54, 1.807) is 6.08 Å². The van der Waals surface area contributed by atoms with Gasteiger partial charge in [0.15, 0.2) is 0 Å². The molecule has 6 aliphatic rings. The van der Waals surface area contributed by atoms with Crippen molar-refractivity contribution in [3.8, 4) is 0 Å². The first-order valence-corrected chi connectivity index (χ1v) is 15.6. The number of nitrogens with zero attached hydrogens (tertiary/aromatic N) is 2. The number of hydrogen-bond donors (Lipinski definition) is 2. The SMILES string of the molecule is CN(C(=O)OCCN1CCOCC1)[C@H]1CC[C@@]2(C)[C@H](CC[C@@H]3[C@@H]2C[C@@H](O)[C@]2(C)[C@@H](C4=CC(=O)OC4)CC[C@]32O)C1. The van der Waals surface area contributed by atoms with Crippen LogP contribution in [-0.2, 0) is 19.0 Å². The highest BCUT2D eigenvalue weighted by Crippen LogP contribution is 2.70. The van der Waals surface area contributed by atoms with E-state index in [9.17, 15) is 19.8 Å². The van der Waals surface area contributed by atoms with Crippen LogP contribution in [-0.4, -0.2) is 103 Å². The maximum Gasteiger partial charge on any atom is 0.409 e. The molecule has 40 heavy (non-hydrogen) atoms. The number of carbonyl (C=O) groups excluding carboxylic acids is 2. The minimum absolute atomic E-state index is 0.0162. The zero-order chi connectivity index (χ0) is 28.3. The lowest BCUT2D eigenvalue weighted by atomic mass is 9.42. The second-order valence-electron chi connectivity index (χ2n) is 14.0. The average molecular weight is 561 g/mol. The summed E-state index contributed by atoms with van der Waals surface area (Å²) in [5.74, 6) is 0.458. The Morgan fingerprint density at radius 3 is 2.62 bits per heavy atom. The quantitative estimate of drug-likeness (QED) is 0.494. The second-order valence-corrected chi connectivity index (χ2v) is 14.0. The van der Waals surface area contributed by atoms with Gasteiger partial charge >= 0.3 is 12.1 Å². The van der Waals surface area contributed by atoms with E-state index in [0.717, 1.165) is 76.9 Å². The van der Waals surface area contributed by atoms with E-state index >= 15 is 0 Å². The van der Waals surface area contributed by atoms with Gasteiger partial charge in [-0.2, -0.15) is 0 Å². The number of aliphatic hydroxyl groups excluding tert-OH is 1. The predicted molar refractivity (Wildman–Crippen MR) is 147 cm³/mol. The molecule has 0 aromatic carbocycles. The second kappa shape index (κ2) is 10.5. The molecule has 0 unspecified atom stereocenters. The molecule has 2 N–H and O–H groups in total. The molecular formula is C31H48N2O7. The Hall–Kier alpha value is -1.68. The summed E-state index contributed by atoms with van der Waals surface area (Å²) in [5, 5.41) is 24.2. The number of fused-ring (bicyclic) bond motifs is 5. The van der Waals surface area contributed by atoms with Gasteiger partial charge in [-0.25, -0.2) is 9.59 Å². The van der Waals surface area contributed by atoms with Crippen LogP contribution in [0.15, 0.2) is 11.6 Å². The largest absolute Gasteiger partial charge is 0.458 e. The molecule has 0 radical (unpaired) electrons. The molecule has 1 amide bonds. The zero-order valence-electron chi connectivity index (χ0n) is 24.5. The van der Waals surface area contributed by atoms with Crippen LogP contribution in [0.25, 0.3) is 0 Å². The van der Waals surface area contributed by atoms with E-state index in [1.807, 2.05) is 11.9 Å². The van der Waals surface area contributed by atoms with Crippen LogP contribution in [0.1, 0.15) is 65.2 Å². The molecule has 4 aliphatic carbocycles. The van der Waals surface area contributed by atoms with Crippen LogP contribution >= 0.6 is 0 Å². The molecule has 9 nitrogen and oxygen atoms in total. The number of cyclic esters (lactones) is 1. The summed E-state index contributed by atoms with van der Waals surface area (Å²) in [6, 6.07) is 0.148. The van der Waals surface area contributed by atoms with Crippen molar-refractivity contribution < 1.29 is 34.0 Å². The predicted octanol–water partition coefficient (Wildman–Crippen LogP) is 2.98. The van der Waals surface area contributed by atoms with Gasteiger partial charge in [0.25, 0.3) is 0 Å². The highest BCUT2D eigenvalue weighted by Gasteiger charge is 2.70. The average Bonchev–Trinajstić information content (AvgIpc) is 3.49. The molecule has 4 saturated carbocycles. The van der Waals surface area contributed by atoms with Crippen molar-refractivity contribution in [3.05, 3.63) is 11.6 Å². The first kappa shape index (κ1) is 28.4. The standard InChI is InChI=1S/C31H48N2O7/c1-29-8-6-22(32(3)28(36)39-15-12-33-10-13-38-14-11-33)17-21(29)4-5-24-25(29)18-26(34)30(2)23(7-9-31(24,30)37)20-16-27(35)40-19-20/h16,21-26,34,37H,4-15,17-19H2,1-3H3/t21-,22+,23-,24-,25+,26-,29+,30+,31+/m1/s1. The number of rotatable bonds is 5. The Morgan fingerprint density at radius 1 is 1.12 bits per heavy atom. The minimum Gasteiger partial charge on any atom is -0.458 e. The van der Waals surface area contributed by atoms with Crippen molar-refractivity contribution in [2.24, 2.45) is 34.5 Å². The van der Waals surface area contributed by atoms with Gasteiger partial charge in [0.1, 0.15) is 13.2 Å². The lowest BCUT2D eigenvalue weighted by Gasteiger charge is -2.65. The Balaban J connectivity index is 1.11. The van der Waals surface area contributed by atoms with Crippen LogP contribution in [0.4, 0.5) is 4.79 Å². The molecule has 0 aromatic rings. The smallest absolute Gasteiger partial charge is 0.409 e. The fourth-order valence-electron chi connectivity index (χ4n) is 10.1. The van der Waals surface area contributed by atoms with Gasteiger partial charge in [-0.1, -0.05) is 13.8 Å². The number of carbonyl (C=O) groups is 2. The van der Waals surface area contributed by atoms with Crippen LogP contribution in [0.2, 0.25) is 0 Å². The van der Waals surface area contributed by atoms with Crippen molar-refractivity contribution in [1.82, 2.24) is 9.80 Å². The fraction of sp³-hybridized carbons (Fsp3) is 0.871. The van der Waals surface area contributed by atoms with Crippen molar-refractivity contribution >= 4 is 12.1 Å². The Kier molecular flexibility index (Phi) is 7.50. The van der Waals surface area contributed by atoms with Gasteiger partial charge in [-0.3, -0.25) is 4.90 Å². The highest BCUT2D eigenvalue weighted by atomic mass is 16.6. The van der Waals surface area contributed by atoms with Gasteiger partial charge in [-0.15, -0.1) is 0 Å². The molecule has 1 saturated heterocycles. The molecule has 224 valence electrons. The van der Waals surface area contributed by atoms with Gasteiger partial charge in [0.05, 0.1) is 24.9 Å². The highest BCUT2D eigenvalue weighted by molar-refractivity contribution is 5.85. The molecule has 0 spiro atoms. The van der Waals surface area contributed by atoms with Crippen molar-refractivity contribution in [2.75, 3.05) is 53.1 Å². The molecule has 0 bridgehead atoms. The van der Waals surface area contributed by atoms with Crippen LogP contribution in [0.5, 0.6) is 0 Å². The van der Waals surface area contributed by atoms with Crippen LogP contribution in [0.3, 0.4) is 0 Å². The maximum absolute atomic E-state index is 12.9. The van der Waals surface area contributed by atoms with E-state index in [-0.39, 0.29) is 47.9 Å². The van der Waals surface area contributed by atoms with Crippen molar-refractivity contribution in [2.45, 2.75) is 83.0 Å². The molecule has 6 rings (SSSR count). The molecule has 9 atom stereocenters. The maximum atomic E-state index is 12.9. The van der Waals surface area contributed by atoms with E-state index in [4.69, 9.17) is 14.2 Å². The zero-order valence-corrected chi connectivity index (χ0v) is 24.5. The molecule has 5 fully saturated rings. The lowest BCUT2D eigenvalue weighted by Crippen LogP contribution is -2.67. The molecule has 2 aliphatic heterocycles. The third kappa shape index (κ3) is 4.41. The third-order valence-electron chi connectivity index (χ3n) is 12.6. The summed E-state index contributed by atoms with van der Waals surface area (Å²) in [5.41, 5.74) is -0.693. The van der Waals surface area contributed by atoms with Gasteiger partial charge < -0.3 is 29.3 Å². The summed E-state index contributed by atoms with van der Waals surface area (Å²) < 4.78 is 16.3. The first-order valence-electron chi connectivity index (χ1n) is 15.6. The van der Waals surface area contributed by atoms with Crippen LogP contribution in [0, 0.1) is 34.5 Å². The monoisotopic (exact) mass is 560 g/mol. The van der Waals surface area contributed by atoms with E-state index in [1.165, 1.54) is 0 Å². The first-order chi connectivity index (χ1) is 19.1.